The zero-order chi connectivity index (χ0) is 23.1. The molecule has 0 spiro atoms. The van der Waals surface area contributed by atoms with E-state index in [9.17, 15) is 0 Å². The van der Waals surface area contributed by atoms with E-state index in [1.54, 1.807) is 0 Å². The van der Waals surface area contributed by atoms with Crippen LogP contribution in [0.5, 0.6) is 0 Å². The molecule has 4 aromatic rings. The molecule has 1 nitrogen and oxygen atoms in total. The van der Waals surface area contributed by atoms with Crippen LogP contribution in [0.2, 0.25) is 5.02 Å². The monoisotopic (exact) mass is 289 g/mol. The van der Waals surface area contributed by atoms with E-state index in [1.807, 2.05) is 0 Å². The average molecular weight is 290 g/mol. The largest absolute Gasteiger partial charge is 0.456 e. The molecule has 0 fully saturated rings. The Morgan fingerprint density at radius 1 is 0.850 bits per heavy atom. The molecule has 0 amide bonds. The van der Waals surface area contributed by atoms with Crippen LogP contribution in [0, 0.1) is 0 Å². The van der Waals surface area contributed by atoms with Crippen LogP contribution < -0.4 is 0 Å². The Bertz CT molecular complexity index is 1430. The van der Waals surface area contributed by atoms with E-state index >= 15 is 0 Å². The first kappa shape index (κ1) is 4.94. The summed E-state index contributed by atoms with van der Waals surface area (Å²) in [6, 6.07) is -6.32. The fourth-order valence-electron chi connectivity index (χ4n) is 2.01. The first-order chi connectivity index (χ1) is 14.4. The van der Waals surface area contributed by atoms with Gasteiger partial charge in [0.15, 0.2) is 0 Å². The van der Waals surface area contributed by atoms with E-state index in [0.29, 0.717) is 0 Å². The highest BCUT2D eigenvalue weighted by molar-refractivity contribution is 6.32. The third kappa shape index (κ3) is 1.71. The summed E-state index contributed by atoms with van der Waals surface area (Å²) in [5, 5.41) is -0.718. The van der Waals surface area contributed by atoms with E-state index in [0.717, 1.165) is 0 Å². The van der Waals surface area contributed by atoms with Crippen molar-refractivity contribution in [1.82, 2.24) is 0 Å². The SMILES string of the molecule is [2H]c1c([2H])c([2H])c(-c2c([2H])c(Cl)c([2H])c3oc4c([2H])c([2H])c([2H])c([2H])c4c23)c([2H])c1[2H]. The van der Waals surface area contributed by atoms with Crippen LogP contribution in [-0.2, 0) is 0 Å². The minimum Gasteiger partial charge on any atom is -0.456 e. The number of rotatable bonds is 1. The van der Waals surface area contributed by atoms with Crippen LogP contribution >= 0.6 is 11.6 Å². The molecule has 0 saturated carbocycles. The fourth-order valence-corrected chi connectivity index (χ4v) is 2.19. The summed E-state index contributed by atoms with van der Waals surface area (Å²) in [6.45, 7) is 0. The number of halogens is 1. The summed E-state index contributed by atoms with van der Waals surface area (Å²) in [6.07, 6.45) is 0. The first-order valence-corrected chi connectivity index (χ1v) is 5.98. The van der Waals surface area contributed by atoms with Gasteiger partial charge in [-0.25, -0.2) is 0 Å². The van der Waals surface area contributed by atoms with E-state index in [4.69, 9.17) is 31.1 Å². The fraction of sp³-hybridized carbons (Fsp3) is 0. The highest BCUT2D eigenvalue weighted by Gasteiger charge is 2.13. The zero-order valence-electron chi connectivity index (χ0n) is 20.8. The van der Waals surface area contributed by atoms with Crippen molar-refractivity contribution in [2.45, 2.75) is 0 Å². The van der Waals surface area contributed by atoms with Gasteiger partial charge in [-0.2, -0.15) is 0 Å². The van der Waals surface area contributed by atoms with Crippen molar-refractivity contribution in [3.8, 4) is 11.1 Å². The molecule has 20 heavy (non-hydrogen) atoms. The van der Waals surface area contributed by atoms with Crippen molar-refractivity contribution >= 4 is 33.5 Å². The van der Waals surface area contributed by atoms with Crippen LogP contribution in [0.25, 0.3) is 33.1 Å². The summed E-state index contributed by atoms with van der Waals surface area (Å²) in [5.41, 5.74) is -1.20. The van der Waals surface area contributed by atoms with Crippen LogP contribution in [0.4, 0.5) is 0 Å². The molecule has 2 heteroatoms. The topological polar surface area (TPSA) is 13.1 Å². The zero-order valence-corrected chi connectivity index (χ0v) is 10.5. The van der Waals surface area contributed by atoms with Gasteiger partial charge in [0, 0.05) is 21.8 Å². The van der Waals surface area contributed by atoms with Crippen LogP contribution in [0.3, 0.4) is 0 Å². The van der Waals surface area contributed by atoms with Gasteiger partial charge in [0.1, 0.15) is 11.2 Å². The lowest BCUT2D eigenvalue weighted by Crippen LogP contribution is -1.79. The predicted molar refractivity (Wildman–Crippen MR) is 84.2 cm³/mol. The van der Waals surface area contributed by atoms with Crippen molar-refractivity contribution in [3.05, 3.63) is 71.5 Å². The lowest BCUT2D eigenvalue weighted by molar-refractivity contribution is 0.669. The maximum absolute atomic E-state index is 8.46. The molecule has 3 aromatic carbocycles. The second kappa shape index (κ2) is 4.39. The molecule has 4 rings (SSSR count). The van der Waals surface area contributed by atoms with E-state index in [-0.39, 0.29) is 33.1 Å². The first-order valence-electron chi connectivity index (χ1n) is 11.1. The Balaban J connectivity index is 2.40. The van der Waals surface area contributed by atoms with Crippen molar-refractivity contribution < 1.29 is 19.5 Å². The van der Waals surface area contributed by atoms with E-state index in [1.165, 1.54) is 0 Å². The lowest BCUT2D eigenvalue weighted by Gasteiger charge is -2.04. The molecule has 96 valence electrons. The Morgan fingerprint density at radius 2 is 1.60 bits per heavy atom. The van der Waals surface area contributed by atoms with Crippen LogP contribution in [-0.4, -0.2) is 0 Å². The summed E-state index contributed by atoms with van der Waals surface area (Å²) in [4.78, 5) is 0. The standard InChI is InChI=1S/C18H11ClO/c19-13-10-15(12-6-2-1-3-7-12)18-14-8-4-5-9-16(14)20-17(18)11-13/h1-11H/i1D,2D,3D,4D,5D,6D,7D,8D,9D,10D,11D. The minimum atomic E-state index is -0.649. The Hall–Kier alpha value is -2.25. The van der Waals surface area contributed by atoms with E-state index < -0.39 is 71.5 Å². The normalized spacial score (nSPS) is 18.9. The second-order valence-electron chi connectivity index (χ2n) is 3.95. The molecule has 1 heterocycles. The highest BCUT2D eigenvalue weighted by Crippen LogP contribution is 2.38. The van der Waals surface area contributed by atoms with Crippen molar-refractivity contribution in [1.29, 1.82) is 0 Å². The number of para-hydroxylation sites is 1. The molecule has 0 radical (unpaired) electrons. The van der Waals surface area contributed by atoms with Crippen molar-refractivity contribution in [2.24, 2.45) is 0 Å². The predicted octanol–water partition coefficient (Wildman–Crippen LogP) is 5.91. The molecule has 0 aliphatic rings. The van der Waals surface area contributed by atoms with Gasteiger partial charge in [-0.05, 0) is 23.2 Å². The molecule has 0 aliphatic carbocycles. The summed E-state index contributed by atoms with van der Waals surface area (Å²) < 4.78 is 94.7. The average Bonchev–Trinajstić information content (AvgIpc) is 3.14. The van der Waals surface area contributed by atoms with Gasteiger partial charge in [-0.15, -0.1) is 0 Å². The molecular formula is C18H11ClO. The van der Waals surface area contributed by atoms with Crippen LogP contribution in [0.15, 0.2) is 70.9 Å². The minimum absolute atomic E-state index is 0.139. The third-order valence-electron chi connectivity index (χ3n) is 2.79. The number of furan rings is 1. The maximum atomic E-state index is 8.46. The molecule has 0 atom stereocenters. The van der Waals surface area contributed by atoms with Gasteiger partial charge >= 0.3 is 0 Å². The Morgan fingerprint density at radius 3 is 2.45 bits per heavy atom. The number of fused-ring (bicyclic) bond motifs is 3. The highest BCUT2D eigenvalue weighted by atomic mass is 35.5. The maximum Gasteiger partial charge on any atom is 0.137 e. The van der Waals surface area contributed by atoms with E-state index in [2.05, 4.69) is 0 Å². The van der Waals surface area contributed by atoms with Gasteiger partial charge in [-0.1, -0.05) is 59.9 Å². The molecular weight excluding hydrogens is 268 g/mol. The van der Waals surface area contributed by atoms with Gasteiger partial charge < -0.3 is 4.42 Å². The lowest BCUT2D eigenvalue weighted by atomic mass is 9.99. The molecule has 0 unspecified atom stereocenters. The van der Waals surface area contributed by atoms with Crippen molar-refractivity contribution in [2.75, 3.05) is 0 Å². The Labute approximate surface area is 136 Å². The number of hydrogen-bond donors (Lipinski definition) is 0. The number of benzene rings is 3. The van der Waals surface area contributed by atoms with Crippen LogP contribution in [0.1, 0.15) is 15.1 Å². The summed E-state index contributed by atoms with van der Waals surface area (Å²) >= 11 is 6.14. The van der Waals surface area contributed by atoms with Gasteiger partial charge in [0.25, 0.3) is 0 Å². The quantitative estimate of drug-likeness (QED) is 0.425. The second-order valence-corrected chi connectivity index (χ2v) is 4.33. The smallest absolute Gasteiger partial charge is 0.137 e. The van der Waals surface area contributed by atoms with Gasteiger partial charge in [-0.3, -0.25) is 0 Å². The molecule has 0 aliphatic heterocycles. The molecule has 0 saturated heterocycles. The molecule has 0 bridgehead atoms. The molecule has 0 N–H and O–H groups in total. The summed E-state index contributed by atoms with van der Waals surface area (Å²) in [7, 11) is 0. The Kier molecular flexibility index (Phi) is 1.09. The third-order valence-corrected chi connectivity index (χ3v) is 2.98. The van der Waals surface area contributed by atoms with Gasteiger partial charge in [0.05, 0.1) is 15.1 Å². The summed E-state index contributed by atoms with van der Waals surface area (Å²) in [5.74, 6) is 0. The van der Waals surface area contributed by atoms with Crippen molar-refractivity contribution in [3.63, 3.8) is 0 Å². The van der Waals surface area contributed by atoms with Gasteiger partial charge in [0.2, 0.25) is 0 Å². The molecule has 1 aromatic heterocycles. The number of hydrogen-bond acceptors (Lipinski definition) is 1.